The van der Waals surface area contributed by atoms with Crippen molar-refractivity contribution < 1.29 is 18.3 Å². The molecular weight excluding hydrogens is 242 g/mol. The fourth-order valence-electron chi connectivity index (χ4n) is 1.08. The number of amides is 1. The highest BCUT2D eigenvalue weighted by atomic mass is 32.2. The van der Waals surface area contributed by atoms with Crippen LogP contribution in [0.4, 0.5) is 10.5 Å². The van der Waals surface area contributed by atoms with Crippen molar-refractivity contribution in [3.63, 3.8) is 0 Å². The van der Waals surface area contributed by atoms with Crippen LogP contribution < -0.4 is 5.32 Å². The molecular formula is C11H15NO4S. The molecule has 6 heteroatoms. The highest BCUT2D eigenvalue weighted by Gasteiger charge is 2.16. The molecule has 0 aliphatic carbocycles. The molecule has 17 heavy (non-hydrogen) atoms. The number of anilines is 1. The van der Waals surface area contributed by atoms with Gasteiger partial charge in [-0.15, -0.1) is 0 Å². The number of hydrogen-bond donors (Lipinski definition) is 2. The van der Waals surface area contributed by atoms with Crippen LogP contribution in [0.5, 0.6) is 0 Å². The van der Waals surface area contributed by atoms with E-state index in [0.717, 1.165) is 0 Å². The van der Waals surface area contributed by atoms with E-state index in [4.69, 9.17) is 9.29 Å². The molecule has 0 aromatic heterocycles. The molecule has 1 amide bonds. The van der Waals surface area contributed by atoms with E-state index in [-0.39, 0.29) is 4.90 Å². The molecule has 1 atom stereocenters. The minimum absolute atomic E-state index is 0.278. The summed E-state index contributed by atoms with van der Waals surface area (Å²) in [6, 6.07) is 5.99. The van der Waals surface area contributed by atoms with Gasteiger partial charge in [0.15, 0.2) is 11.1 Å². The molecule has 0 heterocycles. The molecule has 1 aromatic rings. The van der Waals surface area contributed by atoms with Gasteiger partial charge in [-0.1, -0.05) is 0 Å². The summed E-state index contributed by atoms with van der Waals surface area (Å²) in [4.78, 5) is 11.7. The summed E-state index contributed by atoms with van der Waals surface area (Å²) < 4.78 is 24.6. The Morgan fingerprint density at radius 2 is 1.82 bits per heavy atom. The smallest absolute Gasteiger partial charge is 0.412 e. The van der Waals surface area contributed by atoms with Crippen LogP contribution in [0.1, 0.15) is 20.8 Å². The molecule has 5 nitrogen and oxygen atoms in total. The zero-order chi connectivity index (χ0) is 13.1. The lowest BCUT2D eigenvalue weighted by atomic mass is 10.2. The summed E-state index contributed by atoms with van der Waals surface area (Å²) in [5.74, 6) is 0. The predicted molar refractivity (Wildman–Crippen MR) is 65.3 cm³/mol. The van der Waals surface area contributed by atoms with Crippen LogP contribution in [-0.2, 0) is 15.8 Å². The Balaban J connectivity index is 2.64. The van der Waals surface area contributed by atoms with Crippen LogP contribution in [0.25, 0.3) is 0 Å². The molecule has 0 bridgehead atoms. The molecule has 2 N–H and O–H groups in total. The molecule has 1 aromatic carbocycles. The second kappa shape index (κ2) is 5.29. The maximum absolute atomic E-state index is 11.4. The fraction of sp³-hybridized carbons (Fsp3) is 0.364. The van der Waals surface area contributed by atoms with E-state index in [9.17, 15) is 9.00 Å². The molecule has 0 fully saturated rings. The van der Waals surface area contributed by atoms with E-state index in [1.54, 1.807) is 20.8 Å². The highest BCUT2D eigenvalue weighted by Crippen LogP contribution is 2.14. The summed E-state index contributed by atoms with van der Waals surface area (Å²) >= 11 is -2.01. The number of benzene rings is 1. The lowest BCUT2D eigenvalue weighted by Crippen LogP contribution is -2.27. The summed E-state index contributed by atoms with van der Waals surface area (Å²) in [5, 5.41) is 2.52. The minimum atomic E-state index is -2.01. The third-order valence-corrected chi connectivity index (χ3v) is 2.38. The Bertz CT molecular complexity index is 422. The monoisotopic (exact) mass is 257 g/mol. The molecule has 0 aliphatic rings. The van der Waals surface area contributed by atoms with Crippen LogP contribution in [0.15, 0.2) is 29.2 Å². The van der Waals surface area contributed by atoms with Gasteiger partial charge in [0.05, 0.1) is 4.90 Å². The van der Waals surface area contributed by atoms with E-state index in [0.29, 0.717) is 5.69 Å². The van der Waals surface area contributed by atoms with Crippen molar-refractivity contribution in [1.82, 2.24) is 0 Å². The molecule has 0 radical (unpaired) electrons. The van der Waals surface area contributed by atoms with Gasteiger partial charge >= 0.3 is 6.09 Å². The summed E-state index contributed by atoms with van der Waals surface area (Å²) in [6.07, 6.45) is -0.560. The molecule has 0 spiro atoms. The number of carbonyl (C=O) groups is 1. The van der Waals surface area contributed by atoms with E-state index in [2.05, 4.69) is 5.32 Å². The van der Waals surface area contributed by atoms with Gasteiger partial charge < -0.3 is 9.29 Å². The zero-order valence-corrected chi connectivity index (χ0v) is 10.7. The van der Waals surface area contributed by atoms with Gasteiger partial charge in [-0.3, -0.25) is 5.32 Å². The summed E-state index contributed by atoms with van der Waals surface area (Å²) in [5.41, 5.74) is -0.0511. The maximum Gasteiger partial charge on any atom is 0.412 e. The van der Waals surface area contributed by atoms with E-state index in [1.807, 2.05) is 0 Å². The van der Waals surface area contributed by atoms with E-state index in [1.165, 1.54) is 24.3 Å². The Morgan fingerprint density at radius 3 is 2.24 bits per heavy atom. The SMILES string of the molecule is CC(C)(C)OC(=O)Nc1ccc(S(=O)O)cc1. The Hall–Kier alpha value is -1.40. The highest BCUT2D eigenvalue weighted by molar-refractivity contribution is 7.79. The minimum Gasteiger partial charge on any atom is -0.444 e. The van der Waals surface area contributed by atoms with Gasteiger partial charge in [0.2, 0.25) is 0 Å². The molecule has 0 saturated carbocycles. The lowest BCUT2D eigenvalue weighted by molar-refractivity contribution is 0.0636. The first-order valence-corrected chi connectivity index (χ1v) is 6.09. The van der Waals surface area contributed by atoms with Crippen LogP contribution in [0, 0.1) is 0 Å². The number of rotatable bonds is 2. The summed E-state index contributed by atoms with van der Waals surface area (Å²) in [6.45, 7) is 5.31. The number of hydrogen-bond acceptors (Lipinski definition) is 3. The maximum atomic E-state index is 11.4. The van der Waals surface area contributed by atoms with Crippen molar-refractivity contribution in [3.05, 3.63) is 24.3 Å². The number of ether oxygens (including phenoxy) is 1. The third kappa shape index (κ3) is 4.97. The molecule has 0 saturated heterocycles. The van der Waals surface area contributed by atoms with Crippen molar-refractivity contribution in [1.29, 1.82) is 0 Å². The first kappa shape index (κ1) is 13.7. The van der Waals surface area contributed by atoms with Crippen molar-refractivity contribution in [3.8, 4) is 0 Å². The van der Waals surface area contributed by atoms with Gasteiger partial charge in [0, 0.05) is 5.69 Å². The standard InChI is InChI=1S/C11H15NO4S/c1-11(2,3)16-10(13)12-8-4-6-9(7-5-8)17(14)15/h4-7H,1-3H3,(H,12,13)(H,14,15). The van der Waals surface area contributed by atoms with Gasteiger partial charge in [-0.25, -0.2) is 9.00 Å². The van der Waals surface area contributed by atoms with Crippen LogP contribution in [0.2, 0.25) is 0 Å². The Morgan fingerprint density at radius 1 is 1.29 bits per heavy atom. The second-order valence-corrected chi connectivity index (χ2v) is 5.37. The predicted octanol–water partition coefficient (Wildman–Crippen LogP) is 2.61. The van der Waals surface area contributed by atoms with E-state index < -0.39 is 22.8 Å². The average Bonchev–Trinajstić information content (AvgIpc) is 2.15. The second-order valence-electron chi connectivity index (χ2n) is 4.40. The largest absolute Gasteiger partial charge is 0.444 e. The number of nitrogens with one attached hydrogen (secondary N) is 1. The van der Waals surface area contributed by atoms with Gasteiger partial charge in [-0.05, 0) is 45.0 Å². The first-order valence-electron chi connectivity index (χ1n) is 4.99. The zero-order valence-electron chi connectivity index (χ0n) is 9.89. The molecule has 1 rings (SSSR count). The average molecular weight is 257 g/mol. The number of carbonyl (C=O) groups excluding carboxylic acids is 1. The molecule has 94 valence electrons. The topological polar surface area (TPSA) is 75.6 Å². The molecule has 0 aliphatic heterocycles. The van der Waals surface area contributed by atoms with Gasteiger partial charge in [0.1, 0.15) is 5.60 Å². The van der Waals surface area contributed by atoms with Crippen molar-refractivity contribution in [2.75, 3.05) is 5.32 Å². The van der Waals surface area contributed by atoms with Crippen molar-refractivity contribution >= 4 is 22.9 Å². The van der Waals surface area contributed by atoms with Crippen LogP contribution in [-0.4, -0.2) is 20.5 Å². The third-order valence-electron chi connectivity index (χ3n) is 1.70. The lowest BCUT2D eigenvalue weighted by Gasteiger charge is -2.19. The fourth-order valence-corrected chi connectivity index (χ4v) is 1.45. The van der Waals surface area contributed by atoms with Gasteiger partial charge in [-0.2, -0.15) is 0 Å². The van der Waals surface area contributed by atoms with Crippen LogP contribution in [0.3, 0.4) is 0 Å². The van der Waals surface area contributed by atoms with Gasteiger partial charge in [0.25, 0.3) is 0 Å². The van der Waals surface area contributed by atoms with Crippen molar-refractivity contribution in [2.24, 2.45) is 0 Å². The van der Waals surface area contributed by atoms with Crippen molar-refractivity contribution in [2.45, 2.75) is 31.3 Å². The Labute approximate surface area is 102 Å². The normalized spacial score (nSPS) is 12.9. The first-order chi connectivity index (χ1) is 7.78. The molecule has 1 unspecified atom stereocenters. The van der Waals surface area contributed by atoms with E-state index >= 15 is 0 Å². The van der Waals surface area contributed by atoms with Crippen LogP contribution >= 0.6 is 0 Å². The Kier molecular flexibility index (Phi) is 4.25. The summed E-state index contributed by atoms with van der Waals surface area (Å²) in [7, 11) is 0. The quantitative estimate of drug-likeness (QED) is 0.798.